The zero-order valence-electron chi connectivity index (χ0n) is 12.9. The molecule has 0 spiro atoms. The molecule has 0 saturated heterocycles. The number of ether oxygens (including phenoxy) is 1. The first-order valence-corrected chi connectivity index (χ1v) is 7.41. The first kappa shape index (κ1) is 17.1. The molecule has 0 saturated carbocycles. The monoisotopic (exact) mass is 300 g/mol. The van der Waals surface area contributed by atoms with E-state index in [1.807, 2.05) is 21.0 Å². The Morgan fingerprint density at radius 2 is 2.00 bits per heavy atom. The normalized spacial score (nSPS) is 11.1. The molecule has 1 heterocycles. The van der Waals surface area contributed by atoms with Crippen LogP contribution in [0.3, 0.4) is 0 Å². The van der Waals surface area contributed by atoms with Crippen LogP contribution in [0.15, 0.2) is 0 Å². The Balaban J connectivity index is 2.42. The number of hydrogen-bond donors (Lipinski definition) is 1. The lowest BCUT2D eigenvalue weighted by molar-refractivity contribution is 0.126. The Kier molecular flexibility index (Phi) is 7.80. The summed E-state index contributed by atoms with van der Waals surface area (Å²) < 4.78 is 5.53. The lowest BCUT2D eigenvalue weighted by Gasteiger charge is -2.12. The zero-order valence-corrected chi connectivity index (χ0v) is 13.6. The molecule has 0 atom stereocenters. The maximum Gasteiger partial charge on any atom is 0.137 e. The van der Waals surface area contributed by atoms with E-state index >= 15 is 0 Å². The minimum Gasteiger partial charge on any atom is -0.378 e. The van der Waals surface area contributed by atoms with Crippen molar-refractivity contribution in [3.63, 3.8) is 0 Å². The molecule has 0 aliphatic carbocycles. The van der Waals surface area contributed by atoms with E-state index in [9.17, 15) is 0 Å². The van der Waals surface area contributed by atoms with Crippen LogP contribution in [0.2, 0.25) is 5.15 Å². The first-order chi connectivity index (χ1) is 9.54. The average Bonchev–Trinajstić information content (AvgIpc) is 2.39. The van der Waals surface area contributed by atoms with E-state index in [2.05, 4.69) is 27.1 Å². The Bertz CT molecular complexity index is 412. The van der Waals surface area contributed by atoms with E-state index in [1.165, 1.54) is 0 Å². The van der Waals surface area contributed by atoms with Crippen molar-refractivity contribution < 1.29 is 4.74 Å². The highest BCUT2D eigenvalue weighted by Crippen LogP contribution is 2.20. The van der Waals surface area contributed by atoms with Crippen LogP contribution in [0, 0.1) is 6.92 Å². The van der Waals surface area contributed by atoms with Crippen molar-refractivity contribution in [2.75, 3.05) is 45.7 Å². The fourth-order valence-corrected chi connectivity index (χ4v) is 1.82. The van der Waals surface area contributed by atoms with Crippen LogP contribution in [0.5, 0.6) is 0 Å². The molecular weight excluding hydrogens is 276 g/mol. The molecule has 0 fully saturated rings. The highest BCUT2D eigenvalue weighted by Gasteiger charge is 2.08. The topological polar surface area (TPSA) is 50.3 Å². The average molecular weight is 301 g/mol. The summed E-state index contributed by atoms with van der Waals surface area (Å²) >= 11 is 6.12. The Morgan fingerprint density at radius 1 is 1.25 bits per heavy atom. The second-order valence-corrected chi connectivity index (χ2v) is 5.35. The molecule has 6 heteroatoms. The molecule has 20 heavy (non-hydrogen) atoms. The molecule has 5 nitrogen and oxygen atoms in total. The molecule has 114 valence electrons. The van der Waals surface area contributed by atoms with Gasteiger partial charge in [-0.25, -0.2) is 9.97 Å². The van der Waals surface area contributed by atoms with Crippen molar-refractivity contribution in [2.45, 2.75) is 26.7 Å². The van der Waals surface area contributed by atoms with Gasteiger partial charge in [0.1, 0.15) is 16.8 Å². The summed E-state index contributed by atoms with van der Waals surface area (Å²) in [4.78, 5) is 10.9. The van der Waals surface area contributed by atoms with Crippen molar-refractivity contribution >= 4 is 17.4 Å². The number of hydrogen-bond acceptors (Lipinski definition) is 5. The molecule has 1 aromatic rings. The van der Waals surface area contributed by atoms with Crippen molar-refractivity contribution in [2.24, 2.45) is 0 Å². The van der Waals surface area contributed by atoms with Gasteiger partial charge in [0.25, 0.3) is 0 Å². The van der Waals surface area contributed by atoms with Gasteiger partial charge >= 0.3 is 0 Å². The number of aromatic nitrogens is 2. The minimum atomic E-state index is 0.527. The third-order valence-corrected chi connectivity index (χ3v) is 3.20. The predicted octanol–water partition coefficient (Wildman–Crippen LogP) is 2.38. The van der Waals surface area contributed by atoms with E-state index < -0.39 is 0 Å². The fraction of sp³-hybridized carbons (Fsp3) is 0.714. The van der Waals surface area contributed by atoms with Crippen LogP contribution in [0.25, 0.3) is 0 Å². The van der Waals surface area contributed by atoms with Gasteiger partial charge in [-0.2, -0.15) is 0 Å². The highest BCUT2D eigenvalue weighted by atomic mass is 35.5. The van der Waals surface area contributed by atoms with Crippen LogP contribution >= 0.6 is 11.6 Å². The zero-order chi connectivity index (χ0) is 15.0. The number of halogens is 1. The van der Waals surface area contributed by atoms with Gasteiger partial charge in [0.2, 0.25) is 0 Å². The molecular formula is C14H25ClN4O. The van der Waals surface area contributed by atoms with E-state index in [1.54, 1.807) is 0 Å². The van der Waals surface area contributed by atoms with E-state index in [4.69, 9.17) is 16.3 Å². The van der Waals surface area contributed by atoms with Crippen LogP contribution in [0.4, 0.5) is 5.82 Å². The molecule has 0 amide bonds. The molecule has 0 bridgehead atoms. The number of nitrogens with zero attached hydrogens (tertiary/aromatic N) is 3. The third-order valence-electron chi connectivity index (χ3n) is 2.83. The van der Waals surface area contributed by atoms with Crippen LogP contribution in [0.1, 0.15) is 24.7 Å². The third kappa shape index (κ3) is 6.03. The highest BCUT2D eigenvalue weighted by molar-refractivity contribution is 6.30. The molecule has 1 aromatic heterocycles. The van der Waals surface area contributed by atoms with E-state index in [-0.39, 0.29) is 0 Å². The Hall–Kier alpha value is -0.910. The molecule has 0 unspecified atom stereocenters. The number of anilines is 1. The number of aryl methyl sites for hydroxylation is 1. The van der Waals surface area contributed by atoms with Gasteiger partial charge in [-0.1, -0.05) is 18.5 Å². The SMILES string of the molecule is CCCc1nc(Cl)c(C)c(NCCOCCN(C)C)n1. The Morgan fingerprint density at radius 3 is 2.65 bits per heavy atom. The van der Waals surface area contributed by atoms with E-state index in [0.717, 1.165) is 43.2 Å². The van der Waals surface area contributed by atoms with Crippen molar-refractivity contribution in [1.82, 2.24) is 14.9 Å². The van der Waals surface area contributed by atoms with Crippen molar-refractivity contribution in [3.05, 3.63) is 16.5 Å². The smallest absolute Gasteiger partial charge is 0.137 e. The van der Waals surface area contributed by atoms with Crippen LogP contribution in [-0.2, 0) is 11.2 Å². The van der Waals surface area contributed by atoms with Gasteiger partial charge in [0, 0.05) is 25.1 Å². The molecule has 0 aliphatic heterocycles. The van der Waals surface area contributed by atoms with Gasteiger partial charge in [-0.3, -0.25) is 0 Å². The lowest BCUT2D eigenvalue weighted by Crippen LogP contribution is -2.20. The largest absolute Gasteiger partial charge is 0.378 e. The molecule has 0 radical (unpaired) electrons. The van der Waals surface area contributed by atoms with Gasteiger partial charge < -0.3 is 15.0 Å². The standard InChI is InChI=1S/C14H25ClN4O/c1-5-6-12-17-13(15)11(2)14(18-12)16-7-9-20-10-8-19(3)4/h5-10H2,1-4H3,(H,16,17,18). The second kappa shape index (κ2) is 9.10. The van der Waals surface area contributed by atoms with Crippen molar-refractivity contribution in [1.29, 1.82) is 0 Å². The summed E-state index contributed by atoms with van der Waals surface area (Å²) in [7, 11) is 4.06. The number of rotatable bonds is 9. The van der Waals surface area contributed by atoms with Gasteiger partial charge in [-0.05, 0) is 27.4 Å². The maximum atomic E-state index is 6.12. The quantitative estimate of drug-likeness (QED) is 0.560. The molecule has 1 N–H and O–H groups in total. The molecule has 1 rings (SSSR count). The summed E-state index contributed by atoms with van der Waals surface area (Å²) in [6, 6.07) is 0. The predicted molar refractivity (Wildman–Crippen MR) is 83.6 cm³/mol. The Labute approximate surface area is 126 Å². The summed E-state index contributed by atoms with van der Waals surface area (Å²) in [6.45, 7) is 7.06. The fourth-order valence-electron chi connectivity index (χ4n) is 1.63. The van der Waals surface area contributed by atoms with Gasteiger partial charge in [0.05, 0.1) is 13.2 Å². The summed E-state index contributed by atoms with van der Waals surface area (Å²) in [5, 5.41) is 3.79. The van der Waals surface area contributed by atoms with Crippen molar-refractivity contribution in [3.8, 4) is 0 Å². The van der Waals surface area contributed by atoms with Gasteiger partial charge in [0.15, 0.2) is 0 Å². The van der Waals surface area contributed by atoms with E-state index in [0.29, 0.717) is 18.3 Å². The van der Waals surface area contributed by atoms with Crippen LogP contribution < -0.4 is 5.32 Å². The second-order valence-electron chi connectivity index (χ2n) is 5.00. The number of nitrogens with one attached hydrogen (secondary N) is 1. The number of likely N-dealkylation sites (N-methyl/N-ethyl adjacent to an activating group) is 1. The summed E-state index contributed by atoms with van der Waals surface area (Å²) in [6.07, 6.45) is 1.85. The first-order valence-electron chi connectivity index (χ1n) is 7.04. The maximum absolute atomic E-state index is 6.12. The van der Waals surface area contributed by atoms with Gasteiger partial charge in [-0.15, -0.1) is 0 Å². The van der Waals surface area contributed by atoms with Crippen LogP contribution in [-0.4, -0.2) is 55.3 Å². The lowest BCUT2D eigenvalue weighted by atomic mass is 10.3. The molecule has 0 aliphatic rings. The molecule has 0 aromatic carbocycles. The summed E-state index contributed by atoms with van der Waals surface area (Å²) in [5.41, 5.74) is 0.889. The summed E-state index contributed by atoms with van der Waals surface area (Å²) in [5.74, 6) is 1.60. The minimum absolute atomic E-state index is 0.527.